The molecule has 2 aromatic carbocycles. The highest BCUT2D eigenvalue weighted by atomic mass is 16.5. The summed E-state index contributed by atoms with van der Waals surface area (Å²) in [5, 5.41) is 4.85. The minimum Gasteiger partial charge on any atom is -0.445 e. The average molecular weight is 336 g/mol. The number of rotatable bonds is 5. The molecule has 1 heterocycles. The highest BCUT2D eigenvalue weighted by molar-refractivity contribution is 6.21. The molecule has 0 saturated carbocycles. The van der Waals surface area contributed by atoms with Crippen molar-refractivity contribution in [2.45, 2.75) is 6.61 Å². The van der Waals surface area contributed by atoms with Gasteiger partial charge in [0.2, 0.25) is 0 Å². The Hall–Kier alpha value is -3.41. The van der Waals surface area contributed by atoms with Crippen LogP contribution in [0.1, 0.15) is 31.8 Å². The van der Waals surface area contributed by atoms with Crippen molar-refractivity contribution < 1.29 is 19.1 Å². The number of imide groups is 1. The summed E-state index contributed by atoms with van der Waals surface area (Å²) in [6, 6.07) is 14.4. The second kappa shape index (κ2) is 7.44. The molecule has 0 unspecified atom stereocenters. The molecule has 0 bridgehead atoms. The summed E-state index contributed by atoms with van der Waals surface area (Å²) in [7, 11) is 0. The molecule has 0 radical (unpaired) electrons. The molecular formula is C19H16N2O4. The molecule has 0 aliphatic carbocycles. The number of nitrogens with one attached hydrogen (secondary N) is 2. The summed E-state index contributed by atoms with van der Waals surface area (Å²) in [4.78, 5) is 34.7. The lowest BCUT2D eigenvalue weighted by Gasteiger charge is -2.05. The summed E-state index contributed by atoms with van der Waals surface area (Å²) in [5.74, 6) is -0.767. The van der Waals surface area contributed by atoms with Crippen LogP contribution in [-0.4, -0.2) is 24.5 Å². The van der Waals surface area contributed by atoms with Crippen molar-refractivity contribution in [3.8, 4) is 0 Å². The first-order valence-corrected chi connectivity index (χ1v) is 7.74. The fourth-order valence-corrected chi connectivity index (χ4v) is 2.40. The van der Waals surface area contributed by atoms with Gasteiger partial charge in [0.1, 0.15) is 6.61 Å². The summed E-state index contributed by atoms with van der Waals surface area (Å²) in [6.07, 6.45) is 2.99. The third kappa shape index (κ3) is 4.11. The Bertz CT molecular complexity index is 844. The van der Waals surface area contributed by atoms with Crippen LogP contribution in [0, 0.1) is 0 Å². The van der Waals surface area contributed by atoms with E-state index in [0.717, 1.165) is 11.1 Å². The summed E-state index contributed by atoms with van der Waals surface area (Å²) in [6.45, 7) is 0.500. The normalized spacial score (nSPS) is 12.8. The number of hydrogen-bond donors (Lipinski definition) is 2. The van der Waals surface area contributed by atoms with Crippen LogP contribution in [0.25, 0.3) is 6.08 Å². The summed E-state index contributed by atoms with van der Waals surface area (Å²) in [5.41, 5.74) is 2.43. The van der Waals surface area contributed by atoms with Gasteiger partial charge >= 0.3 is 6.09 Å². The summed E-state index contributed by atoms with van der Waals surface area (Å²) < 4.78 is 5.09. The lowest BCUT2D eigenvalue weighted by atomic mass is 10.1. The number of carbonyl (C=O) groups is 3. The standard InChI is InChI=1S/C19H16N2O4/c22-17-15-9-8-13(11-16(15)18(23)21-17)7-4-10-20-19(24)25-12-14-5-2-1-3-6-14/h1-9,11H,10,12H2,(H,20,24)(H,21,22,23). The van der Waals surface area contributed by atoms with E-state index in [1.807, 2.05) is 30.3 Å². The van der Waals surface area contributed by atoms with E-state index in [-0.39, 0.29) is 19.1 Å². The fourth-order valence-electron chi connectivity index (χ4n) is 2.40. The van der Waals surface area contributed by atoms with Gasteiger partial charge in [-0.25, -0.2) is 4.79 Å². The molecule has 0 saturated heterocycles. The molecule has 6 heteroatoms. The van der Waals surface area contributed by atoms with Crippen LogP contribution < -0.4 is 10.6 Å². The zero-order valence-electron chi connectivity index (χ0n) is 13.3. The highest BCUT2D eigenvalue weighted by Crippen LogP contribution is 2.18. The number of alkyl carbamates (subject to hydrolysis) is 1. The monoisotopic (exact) mass is 336 g/mol. The van der Waals surface area contributed by atoms with Crippen molar-refractivity contribution in [3.05, 3.63) is 76.9 Å². The quantitative estimate of drug-likeness (QED) is 0.822. The van der Waals surface area contributed by atoms with Crippen LogP contribution in [-0.2, 0) is 11.3 Å². The molecule has 25 heavy (non-hydrogen) atoms. The SMILES string of the molecule is O=C(NCC=Cc1ccc2c(c1)C(=O)NC2=O)OCc1ccccc1. The molecule has 0 atom stereocenters. The van der Waals surface area contributed by atoms with E-state index in [9.17, 15) is 14.4 Å². The molecule has 3 rings (SSSR count). The van der Waals surface area contributed by atoms with Gasteiger partial charge in [-0.05, 0) is 23.3 Å². The maximum atomic E-state index is 11.6. The molecule has 6 nitrogen and oxygen atoms in total. The van der Waals surface area contributed by atoms with Gasteiger partial charge in [0.05, 0.1) is 11.1 Å². The van der Waals surface area contributed by atoms with Gasteiger partial charge in [-0.1, -0.05) is 48.6 Å². The topological polar surface area (TPSA) is 84.5 Å². The van der Waals surface area contributed by atoms with Crippen molar-refractivity contribution in [1.29, 1.82) is 0 Å². The number of carbonyl (C=O) groups excluding carboxylic acids is 3. The van der Waals surface area contributed by atoms with E-state index >= 15 is 0 Å². The number of hydrogen-bond acceptors (Lipinski definition) is 4. The van der Waals surface area contributed by atoms with E-state index in [1.165, 1.54) is 0 Å². The Morgan fingerprint density at radius 1 is 1.04 bits per heavy atom. The predicted octanol–water partition coefficient (Wildman–Crippen LogP) is 2.51. The average Bonchev–Trinajstić information content (AvgIpc) is 2.91. The molecule has 2 aromatic rings. The first kappa shape index (κ1) is 16.4. The molecule has 0 fully saturated rings. The van der Waals surface area contributed by atoms with Gasteiger partial charge in [-0.2, -0.15) is 0 Å². The van der Waals surface area contributed by atoms with E-state index < -0.39 is 12.0 Å². The van der Waals surface area contributed by atoms with Gasteiger partial charge < -0.3 is 10.1 Å². The van der Waals surface area contributed by atoms with Crippen molar-refractivity contribution in [1.82, 2.24) is 10.6 Å². The van der Waals surface area contributed by atoms with E-state index in [1.54, 1.807) is 30.4 Å². The molecule has 3 amide bonds. The Morgan fingerprint density at radius 3 is 2.60 bits per heavy atom. The van der Waals surface area contributed by atoms with E-state index in [2.05, 4.69) is 10.6 Å². The maximum Gasteiger partial charge on any atom is 0.407 e. The predicted molar refractivity (Wildman–Crippen MR) is 91.9 cm³/mol. The maximum absolute atomic E-state index is 11.6. The minimum absolute atomic E-state index is 0.213. The number of amides is 3. The van der Waals surface area contributed by atoms with Crippen LogP contribution in [0.15, 0.2) is 54.6 Å². The highest BCUT2D eigenvalue weighted by Gasteiger charge is 2.26. The zero-order chi connectivity index (χ0) is 17.6. The Labute approximate surface area is 144 Å². The van der Waals surface area contributed by atoms with Crippen LogP contribution in [0.3, 0.4) is 0 Å². The number of benzene rings is 2. The molecule has 126 valence electrons. The second-order valence-electron chi connectivity index (χ2n) is 5.43. The lowest BCUT2D eigenvalue weighted by molar-refractivity contribution is 0.0879. The van der Waals surface area contributed by atoms with Gasteiger partial charge in [-0.15, -0.1) is 0 Å². The second-order valence-corrected chi connectivity index (χ2v) is 5.43. The van der Waals surface area contributed by atoms with Gasteiger partial charge in [0.15, 0.2) is 0 Å². The van der Waals surface area contributed by atoms with Crippen LogP contribution in [0.5, 0.6) is 0 Å². The van der Waals surface area contributed by atoms with Crippen LogP contribution >= 0.6 is 0 Å². The molecule has 0 spiro atoms. The van der Waals surface area contributed by atoms with Crippen molar-refractivity contribution in [2.75, 3.05) is 6.54 Å². The third-order valence-electron chi connectivity index (χ3n) is 3.65. The molecular weight excluding hydrogens is 320 g/mol. The first-order chi connectivity index (χ1) is 12.1. The smallest absolute Gasteiger partial charge is 0.407 e. The lowest BCUT2D eigenvalue weighted by Crippen LogP contribution is -2.24. The van der Waals surface area contributed by atoms with E-state index in [0.29, 0.717) is 11.1 Å². The zero-order valence-corrected chi connectivity index (χ0v) is 13.3. The number of ether oxygens (including phenoxy) is 1. The Kier molecular flexibility index (Phi) is 4.89. The minimum atomic E-state index is -0.507. The molecule has 2 N–H and O–H groups in total. The van der Waals surface area contributed by atoms with Crippen molar-refractivity contribution >= 4 is 24.0 Å². The molecule has 1 aliphatic heterocycles. The van der Waals surface area contributed by atoms with Crippen LogP contribution in [0.4, 0.5) is 4.79 Å². The van der Waals surface area contributed by atoms with Gasteiger partial charge in [-0.3, -0.25) is 14.9 Å². The molecule has 1 aliphatic rings. The Morgan fingerprint density at radius 2 is 1.80 bits per heavy atom. The largest absolute Gasteiger partial charge is 0.445 e. The van der Waals surface area contributed by atoms with E-state index in [4.69, 9.17) is 4.74 Å². The van der Waals surface area contributed by atoms with Crippen LogP contribution in [0.2, 0.25) is 0 Å². The first-order valence-electron chi connectivity index (χ1n) is 7.74. The third-order valence-corrected chi connectivity index (χ3v) is 3.65. The van der Waals surface area contributed by atoms with Gasteiger partial charge in [0, 0.05) is 6.54 Å². The van der Waals surface area contributed by atoms with Crippen molar-refractivity contribution in [2.24, 2.45) is 0 Å². The molecule has 0 aromatic heterocycles. The van der Waals surface area contributed by atoms with Crippen molar-refractivity contribution in [3.63, 3.8) is 0 Å². The summed E-state index contributed by atoms with van der Waals surface area (Å²) >= 11 is 0. The van der Waals surface area contributed by atoms with Gasteiger partial charge in [0.25, 0.3) is 11.8 Å². The number of fused-ring (bicyclic) bond motifs is 1. The fraction of sp³-hybridized carbons (Fsp3) is 0.105. The Balaban J connectivity index is 1.47.